The van der Waals surface area contributed by atoms with E-state index in [9.17, 15) is 9.59 Å². The fraction of sp³-hybridized carbons (Fsp3) is 0.278. The molecule has 0 aliphatic carbocycles. The van der Waals surface area contributed by atoms with Crippen molar-refractivity contribution in [1.82, 2.24) is 19.9 Å². The number of carbonyl (C=O) groups excluding carboxylic acids is 2. The van der Waals surface area contributed by atoms with Crippen molar-refractivity contribution in [2.75, 3.05) is 0 Å². The van der Waals surface area contributed by atoms with Crippen LogP contribution >= 0.6 is 0 Å². The monoisotopic (exact) mass is 612 g/mol. The van der Waals surface area contributed by atoms with Crippen molar-refractivity contribution < 1.29 is 26.7 Å². The van der Waals surface area contributed by atoms with Crippen molar-refractivity contribution in [1.29, 1.82) is 0 Å². The number of aryl methyl sites for hydroxylation is 3. The second-order valence-electron chi connectivity index (χ2n) is 11.2. The van der Waals surface area contributed by atoms with E-state index in [2.05, 4.69) is 13.2 Å². The van der Waals surface area contributed by atoms with E-state index in [1.807, 2.05) is 64.1 Å². The minimum Gasteiger partial charge on any atom is -0.657 e. The minimum atomic E-state index is 0. The average Bonchev–Trinajstić information content (AvgIpc) is 3.59. The zero-order valence-electron chi connectivity index (χ0n) is 25.7. The maximum Gasteiger partial charge on any atom is 5.00 e. The molecule has 5 rings (SSSR count). The summed E-state index contributed by atoms with van der Waals surface area (Å²) in [4.78, 5) is 44.1. The third kappa shape index (κ3) is 6.06. The zero-order valence-corrected chi connectivity index (χ0v) is 26.8. The van der Waals surface area contributed by atoms with Gasteiger partial charge in [0.15, 0.2) is 0 Å². The number of allylic oxidation sites excluding steroid dienone is 5. The van der Waals surface area contributed by atoms with E-state index in [-0.39, 0.29) is 28.6 Å². The van der Waals surface area contributed by atoms with Crippen LogP contribution in [0.5, 0.6) is 0 Å². The smallest absolute Gasteiger partial charge is 0.657 e. The van der Waals surface area contributed by atoms with Crippen LogP contribution in [-0.2, 0) is 33.1 Å². The molecule has 0 N–H and O–H groups in total. The van der Waals surface area contributed by atoms with Crippen LogP contribution in [0.15, 0.2) is 43.5 Å². The summed E-state index contributed by atoms with van der Waals surface area (Å²) in [6.45, 7) is 19.5. The molecule has 3 aromatic heterocycles. The molecule has 217 valence electrons. The summed E-state index contributed by atoms with van der Waals surface area (Å²) in [6, 6.07) is 8.03. The van der Waals surface area contributed by atoms with E-state index in [1.165, 1.54) is 0 Å². The molecule has 0 aromatic carbocycles. The Labute approximate surface area is 263 Å². The van der Waals surface area contributed by atoms with Gasteiger partial charge in [-0.25, -0.2) is 9.97 Å². The number of hydrogen-bond donors (Lipinski definition) is 0. The number of carbonyl (C=O) groups is 2. The second-order valence-corrected chi connectivity index (χ2v) is 11.2. The topological polar surface area (TPSA) is 88.1 Å². The molecule has 0 atom stereocenters. The normalized spacial score (nSPS) is 12.8. The maximum atomic E-state index is 12.0. The minimum absolute atomic E-state index is 0. The van der Waals surface area contributed by atoms with Crippen molar-refractivity contribution in [3.63, 3.8) is 0 Å². The summed E-state index contributed by atoms with van der Waals surface area (Å²) in [5.74, 6) is 0.260. The molecule has 0 fully saturated rings. The number of aromatic nitrogens is 4. The van der Waals surface area contributed by atoms with Gasteiger partial charge in [0.25, 0.3) is 0 Å². The Balaban J connectivity index is 0.00000423. The molecule has 3 aromatic rings. The summed E-state index contributed by atoms with van der Waals surface area (Å²) < 4.78 is 0. The molecule has 43 heavy (non-hydrogen) atoms. The van der Waals surface area contributed by atoms with E-state index in [0.717, 1.165) is 89.4 Å². The fourth-order valence-electron chi connectivity index (χ4n) is 5.75. The van der Waals surface area contributed by atoms with Gasteiger partial charge in [-0.3, -0.25) is 0 Å². The molecule has 0 spiro atoms. The number of fused-ring (bicyclic) bond motifs is 8. The van der Waals surface area contributed by atoms with Crippen LogP contribution in [0.1, 0.15) is 92.0 Å². The Morgan fingerprint density at radius 2 is 1.23 bits per heavy atom. The fourth-order valence-corrected chi connectivity index (χ4v) is 5.75. The van der Waals surface area contributed by atoms with Crippen molar-refractivity contribution in [3.05, 3.63) is 88.5 Å². The van der Waals surface area contributed by atoms with E-state index >= 15 is 0 Å². The largest absolute Gasteiger partial charge is 5.00 e. The van der Waals surface area contributed by atoms with Gasteiger partial charge in [0, 0.05) is 18.4 Å². The van der Waals surface area contributed by atoms with Crippen LogP contribution in [0.2, 0.25) is 0 Å². The molecule has 5 heterocycles. The van der Waals surface area contributed by atoms with Crippen LogP contribution in [-0.4, -0.2) is 21.5 Å². The predicted octanol–water partition coefficient (Wildman–Crippen LogP) is 7.77. The van der Waals surface area contributed by atoms with Gasteiger partial charge in [0.2, 0.25) is 0 Å². The summed E-state index contributed by atoms with van der Waals surface area (Å²) >= 11 is 0. The number of rotatable bonds is 8. The Morgan fingerprint density at radius 3 is 1.88 bits per heavy atom. The molecular formula is C36H36FeN4O2+3. The molecule has 2 aliphatic heterocycles. The first kappa shape index (κ1) is 31.9. The van der Waals surface area contributed by atoms with Crippen molar-refractivity contribution in [3.8, 4) is 0 Å². The predicted molar refractivity (Wildman–Crippen MR) is 173 cm³/mol. The Bertz CT molecular complexity index is 1920. The van der Waals surface area contributed by atoms with Gasteiger partial charge in [0.05, 0.1) is 22.8 Å². The molecule has 0 amide bonds. The summed E-state index contributed by atoms with van der Waals surface area (Å²) in [7, 11) is 0. The first-order valence-electron chi connectivity index (χ1n) is 14.3. The van der Waals surface area contributed by atoms with E-state index in [0.29, 0.717) is 25.7 Å². The molecule has 8 bridgehead atoms. The molecule has 0 unspecified atom stereocenters. The Morgan fingerprint density at radius 1 is 0.698 bits per heavy atom. The summed E-state index contributed by atoms with van der Waals surface area (Å²) in [5, 5.41) is 0. The van der Waals surface area contributed by atoms with Crippen LogP contribution in [0.4, 0.5) is 0 Å². The molecule has 0 saturated heterocycles. The van der Waals surface area contributed by atoms with Crippen molar-refractivity contribution >= 4 is 62.0 Å². The molecule has 1 radical (unpaired) electrons. The van der Waals surface area contributed by atoms with E-state index < -0.39 is 0 Å². The SMILES string of the molecule is C=CC1=C(C)c2cc3[n-]c(cc4nc(cc5[n-]c(cc1n2)c(C)c5CCC(C)=O)C(CCC(C)=O)=C4C)c(C)c3C=C.[Fe+5]. The van der Waals surface area contributed by atoms with Gasteiger partial charge in [0.1, 0.15) is 11.6 Å². The van der Waals surface area contributed by atoms with Gasteiger partial charge in [-0.15, -0.1) is 22.1 Å². The molecule has 0 saturated carbocycles. The van der Waals surface area contributed by atoms with Crippen LogP contribution in [0.3, 0.4) is 0 Å². The Kier molecular flexibility index (Phi) is 9.38. The second kappa shape index (κ2) is 12.7. The average molecular weight is 613 g/mol. The third-order valence-corrected chi connectivity index (χ3v) is 8.34. The molecule has 2 aliphatic rings. The van der Waals surface area contributed by atoms with E-state index in [1.54, 1.807) is 13.8 Å². The Hall–Kier alpha value is -4.06. The number of Topliss-reactive ketones (excluding diaryl/α,β-unsaturated/α-hetero) is 2. The quantitative estimate of drug-likeness (QED) is 0.242. The molecule has 7 heteroatoms. The first-order chi connectivity index (χ1) is 20.0. The van der Waals surface area contributed by atoms with Gasteiger partial charge >= 0.3 is 17.1 Å². The number of nitrogens with zero attached hydrogens (tertiary/aromatic N) is 4. The van der Waals surface area contributed by atoms with Gasteiger partial charge in [-0.2, -0.15) is 0 Å². The summed E-state index contributed by atoms with van der Waals surface area (Å²) in [6.07, 6.45) is 5.69. The van der Waals surface area contributed by atoms with Crippen molar-refractivity contribution in [2.24, 2.45) is 0 Å². The zero-order chi connectivity index (χ0) is 30.3. The number of hydrogen-bond acceptors (Lipinski definition) is 4. The third-order valence-electron chi connectivity index (χ3n) is 8.34. The standard InChI is InChI=1S/C36H36N4O2.Fe/c1-9-25-21(5)29-15-30-23(7)27(13-11-19(3)41)35(39-30)18-36-28(14-12-20(4)42)24(8)32(40-36)17-34-26(10-2)22(6)31(38-34)16-33(25)37-29;/h9-10,15-18H,1-2,11-14H2,3-8H3;/q-2;+5. The first-order valence-corrected chi connectivity index (χ1v) is 14.3. The molecular weight excluding hydrogens is 576 g/mol. The maximum absolute atomic E-state index is 12.0. The van der Waals surface area contributed by atoms with Crippen LogP contribution < -0.4 is 9.97 Å². The summed E-state index contributed by atoms with van der Waals surface area (Å²) in [5.41, 5.74) is 14.4. The van der Waals surface area contributed by atoms with Gasteiger partial charge in [-0.05, 0) is 76.7 Å². The van der Waals surface area contributed by atoms with E-state index in [4.69, 9.17) is 19.9 Å². The van der Waals surface area contributed by atoms with Gasteiger partial charge < -0.3 is 19.6 Å². The van der Waals surface area contributed by atoms with Crippen LogP contribution in [0.25, 0.3) is 50.4 Å². The van der Waals surface area contributed by atoms with Crippen molar-refractivity contribution in [2.45, 2.75) is 67.2 Å². The van der Waals surface area contributed by atoms with Gasteiger partial charge in [-0.1, -0.05) is 66.3 Å². The van der Waals surface area contributed by atoms with Crippen LogP contribution in [0, 0.1) is 13.8 Å². The number of ketones is 2. The molecule has 6 nitrogen and oxygen atoms in total.